The van der Waals surface area contributed by atoms with Crippen molar-refractivity contribution in [2.75, 3.05) is 0 Å². The summed E-state index contributed by atoms with van der Waals surface area (Å²) in [7, 11) is 0. The summed E-state index contributed by atoms with van der Waals surface area (Å²) in [5, 5.41) is 2.77. The Hall–Kier alpha value is -2.67. The van der Waals surface area contributed by atoms with E-state index in [1.165, 1.54) is 6.07 Å². The second-order valence-electron chi connectivity index (χ2n) is 5.84. The first-order valence-corrected chi connectivity index (χ1v) is 9.07. The molecule has 1 aromatic heterocycles. The summed E-state index contributed by atoms with van der Waals surface area (Å²) in [6.07, 6.45) is 0. The molecule has 4 aromatic rings. The van der Waals surface area contributed by atoms with Gasteiger partial charge in [0.2, 0.25) is 0 Å². The molecular weight excluding hydrogens is 443 g/mol. The van der Waals surface area contributed by atoms with Crippen LogP contribution in [0.1, 0.15) is 15.9 Å². The van der Waals surface area contributed by atoms with Gasteiger partial charge in [-0.3, -0.25) is 0 Å². The summed E-state index contributed by atoms with van der Waals surface area (Å²) >= 11 is 2.14. The molecule has 4 nitrogen and oxygen atoms in total. The second-order valence-corrected chi connectivity index (χ2v) is 7.08. The zero-order valence-corrected chi connectivity index (χ0v) is 15.7. The molecule has 0 unspecified atom stereocenters. The maximum absolute atomic E-state index is 12.3. The number of hydrogen-bond donors (Lipinski definition) is 0. The van der Waals surface area contributed by atoms with Crippen molar-refractivity contribution in [2.45, 2.75) is 6.61 Å². The molecule has 4 rings (SSSR count). The maximum atomic E-state index is 12.3. The molecule has 0 aliphatic rings. The molecule has 0 aliphatic carbocycles. The van der Waals surface area contributed by atoms with Crippen LogP contribution in [-0.4, -0.2) is 5.97 Å². The molecule has 0 bridgehead atoms. The van der Waals surface area contributed by atoms with Crippen LogP contribution in [0.2, 0.25) is 0 Å². The van der Waals surface area contributed by atoms with Gasteiger partial charge in [0.05, 0.1) is 5.56 Å². The minimum Gasteiger partial charge on any atom is -0.457 e. The topological polar surface area (TPSA) is 56.5 Å². The largest absolute Gasteiger partial charge is 0.457 e. The fraction of sp³-hybridized carbons (Fsp3) is 0.0476. The van der Waals surface area contributed by atoms with Crippen molar-refractivity contribution < 1.29 is 13.9 Å². The monoisotopic (exact) mass is 456 g/mol. The average molecular weight is 456 g/mol. The lowest BCUT2D eigenvalue weighted by molar-refractivity contribution is 0.0474. The molecule has 0 spiro atoms. The standard InChI is InChI=1S/C21H13IO4/c22-16-6-3-5-14(10-16)21(24)25-12-15-11-19(23)26-18-9-8-13-4-1-2-7-17(13)20(15)18/h1-11H,12H2. The Balaban J connectivity index is 1.75. The second kappa shape index (κ2) is 6.92. The van der Waals surface area contributed by atoms with Crippen molar-refractivity contribution in [3.8, 4) is 0 Å². The van der Waals surface area contributed by atoms with Gasteiger partial charge >= 0.3 is 11.6 Å². The zero-order valence-electron chi connectivity index (χ0n) is 13.6. The van der Waals surface area contributed by atoms with E-state index in [0.717, 1.165) is 19.7 Å². The molecule has 3 aromatic carbocycles. The van der Waals surface area contributed by atoms with Crippen LogP contribution in [0.25, 0.3) is 21.7 Å². The normalized spacial score (nSPS) is 11.0. The lowest BCUT2D eigenvalue weighted by Crippen LogP contribution is -2.08. The van der Waals surface area contributed by atoms with E-state index in [4.69, 9.17) is 9.15 Å². The molecule has 0 radical (unpaired) electrons. The van der Waals surface area contributed by atoms with Gasteiger partial charge in [-0.2, -0.15) is 0 Å². The van der Waals surface area contributed by atoms with Crippen LogP contribution in [0, 0.1) is 3.57 Å². The Morgan fingerprint density at radius 3 is 2.69 bits per heavy atom. The van der Waals surface area contributed by atoms with E-state index in [-0.39, 0.29) is 6.61 Å². The van der Waals surface area contributed by atoms with Gasteiger partial charge in [0.1, 0.15) is 12.2 Å². The van der Waals surface area contributed by atoms with Crippen molar-refractivity contribution >= 4 is 50.3 Å². The van der Waals surface area contributed by atoms with Crippen molar-refractivity contribution in [1.82, 2.24) is 0 Å². The zero-order chi connectivity index (χ0) is 18.1. The lowest BCUT2D eigenvalue weighted by atomic mass is 10.0. The summed E-state index contributed by atoms with van der Waals surface area (Å²) < 4.78 is 11.7. The Morgan fingerprint density at radius 2 is 1.85 bits per heavy atom. The summed E-state index contributed by atoms with van der Waals surface area (Å²) in [5.41, 5.74) is 1.13. The van der Waals surface area contributed by atoms with Gasteiger partial charge in [-0.25, -0.2) is 9.59 Å². The van der Waals surface area contributed by atoms with Gasteiger partial charge in [0.15, 0.2) is 0 Å². The average Bonchev–Trinajstić information content (AvgIpc) is 2.65. The molecule has 0 N–H and O–H groups in total. The van der Waals surface area contributed by atoms with Gasteiger partial charge in [-0.1, -0.05) is 36.4 Å². The van der Waals surface area contributed by atoms with E-state index in [0.29, 0.717) is 16.7 Å². The number of ether oxygens (including phenoxy) is 1. The van der Waals surface area contributed by atoms with E-state index in [2.05, 4.69) is 22.6 Å². The number of fused-ring (bicyclic) bond motifs is 3. The third-order valence-corrected chi connectivity index (χ3v) is 4.80. The number of benzene rings is 3. The summed E-state index contributed by atoms with van der Waals surface area (Å²) in [5.74, 6) is -0.426. The molecule has 0 amide bonds. The number of esters is 1. The lowest BCUT2D eigenvalue weighted by Gasteiger charge is -2.10. The highest BCUT2D eigenvalue weighted by Gasteiger charge is 2.13. The van der Waals surface area contributed by atoms with Crippen molar-refractivity contribution in [1.29, 1.82) is 0 Å². The van der Waals surface area contributed by atoms with Crippen LogP contribution in [0.5, 0.6) is 0 Å². The van der Waals surface area contributed by atoms with Crippen molar-refractivity contribution in [3.05, 3.63) is 91.8 Å². The molecule has 0 saturated heterocycles. The highest BCUT2D eigenvalue weighted by Crippen LogP contribution is 2.27. The fourth-order valence-electron chi connectivity index (χ4n) is 2.98. The van der Waals surface area contributed by atoms with Gasteiger partial charge in [-0.15, -0.1) is 0 Å². The van der Waals surface area contributed by atoms with Crippen LogP contribution in [0.3, 0.4) is 0 Å². The SMILES string of the molecule is O=C(OCc1cc(=O)oc2ccc3ccccc3c12)c1cccc(I)c1. The van der Waals surface area contributed by atoms with Gasteiger partial charge in [0, 0.05) is 20.6 Å². The fourth-order valence-corrected chi connectivity index (χ4v) is 3.52. The Kier molecular flexibility index (Phi) is 4.46. The third-order valence-electron chi connectivity index (χ3n) is 4.13. The van der Waals surface area contributed by atoms with E-state index >= 15 is 0 Å². The smallest absolute Gasteiger partial charge is 0.338 e. The maximum Gasteiger partial charge on any atom is 0.338 e. The first-order chi connectivity index (χ1) is 12.6. The van der Waals surface area contributed by atoms with Crippen LogP contribution in [0.15, 0.2) is 75.9 Å². The van der Waals surface area contributed by atoms with Crippen LogP contribution in [-0.2, 0) is 11.3 Å². The van der Waals surface area contributed by atoms with Crippen molar-refractivity contribution in [2.24, 2.45) is 0 Å². The highest BCUT2D eigenvalue weighted by atomic mass is 127. The molecule has 26 heavy (non-hydrogen) atoms. The predicted octanol–water partition coefficient (Wildman–Crippen LogP) is 4.91. The molecule has 5 heteroatoms. The number of hydrogen-bond acceptors (Lipinski definition) is 4. The minimum absolute atomic E-state index is 0.000411. The Labute approximate surface area is 162 Å². The highest BCUT2D eigenvalue weighted by molar-refractivity contribution is 14.1. The van der Waals surface area contributed by atoms with Crippen molar-refractivity contribution in [3.63, 3.8) is 0 Å². The number of halogens is 1. The number of carbonyl (C=O) groups excluding carboxylic acids is 1. The van der Waals surface area contributed by atoms with E-state index < -0.39 is 11.6 Å². The molecular formula is C21H13IO4. The molecule has 0 saturated carbocycles. The Morgan fingerprint density at radius 1 is 1.00 bits per heavy atom. The molecule has 1 heterocycles. The summed E-state index contributed by atoms with van der Waals surface area (Å²) in [6.45, 7) is 0.000411. The van der Waals surface area contributed by atoms with E-state index in [1.807, 2.05) is 36.4 Å². The molecule has 0 atom stereocenters. The quantitative estimate of drug-likeness (QED) is 0.190. The van der Waals surface area contributed by atoms with Crippen LogP contribution >= 0.6 is 22.6 Å². The molecule has 128 valence electrons. The molecule has 0 fully saturated rings. The first kappa shape index (κ1) is 16.8. The number of carbonyl (C=O) groups is 1. The summed E-state index contributed by atoms with van der Waals surface area (Å²) in [6, 6.07) is 20.1. The van der Waals surface area contributed by atoms with E-state index in [9.17, 15) is 9.59 Å². The van der Waals surface area contributed by atoms with Gasteiger partial charge < -0.3 is 9.15 Å². The van der Waals surface area contributed by atoms with E-state index in [1.54, 1.807) is 24.3 Å². The Bertz CT molecular complexity index is 1190. The molecule has 0 aliphatic heterocycles. The summed E-state index contributed by atoms with van der Waals surface area (Å²) in [4.78, 5) is 24.2. The van der Waals surface area contributed by atoms with Gasteiger partial charge in [-0.05, 0) is 57.6 Å². The first-order valence-electron chi connectivity index (χ1n) is 7.99. The third kappa shape index (κ3) is 3.22. The predicted molar refractivity (Wildman–Crippen MR) is 108 cm³/mol. The van der Waals surface area contributed by atoms with Crippen LogP contribution < -0.4 is 5.63 Å². The minimum atomic E-state index is -0.465. The number of rotatable bonds is 3. The van der Waals surface area contributed by atoms with Gasteiger partial charge in [0.25, 0.3) is 0 Å². The van der Waals surface area contributed by atoms with Crippen LogP contribution in [0.4, 0.5) is 0 Å².